The number of alkyl halides is 3. The molecule has 114 valence electrons. The van der Waals surface area contributed by atoms with Gasteiger partial charge in [0, 0.05) is 6.42 Å². The number of benzene rings is 1. The maximum atomic E-state index is 12.0. The molecular formula is C14H19F3O3. The summed E-state index contributed by atoms with van der Waals surface area (Å²) in [5.41, 5.74) is 0.371. The molecule has 0 aromatic heterocycles. The van der Waals surface area contributed by atoms with Gasteiger partial charge in [0.2, 0.25) is 0 Å². The molecular weight excluding hydrogens is 273 g/mol. The number of hydrogen-bond acceptors (Lipinski definition) is 3. The van der Waals surface area contributed by atoms with Gasteiger partial charge < -0.3 is 14.6 Å². The van der Waals surface area contributed by atoms with Crippen LogP contribution in [-0.4, -0.2) is 29.8 Å². The van der Waals surface area contributed by atoms with Gasteiger partial charge in [0.05, 0.1) is 18.3 Å². The smallest absolute Gasteiger partial charge is 0.406 e. The summed E-state index contributed by atoms with van der Waals surface area (Å²) in [6.45, 7) is 5.80. The third kappa shape index (κ3) is 7.35. The van der Waals surface area contributed by atoms with E-state index < -0.39 is 12.5 Å². The molecule has 0 heterocycles. The highest BCUT2D eigenvalue weighted by Gasteiger charge is 2.30. The molecule has 0 bridgehead atoms. The summed E-state index contributed by atoms with van der Waals surface area (Å²) in [5.74, 6) is -0.276. The van der Waals surface area contributed by atoms with Crippen LogP contribution >= 0.6 is 0 Å². The van der Waals surface area contributed by atoms with Gasteiger partial charge in [-0.15, -0.1) is 13.2 Å². The molecule has 0 aliphatic rings. The molecule has 1 atom stereocenters. The predicted octanol–water partition coefficient (Wildman–Crippen LogP) is 3.30. The van der Waals surface area contributed by atoms with Crippen LogP contribution in [0.15, 0.2) is 24.3 Å². The molecule has 3 nitrogen and oxygen atoms in total. The number of ether oxygens (including phenoxy) is 2. The van der Waals surface area contributed by atoms with Crippen LogP contribution in [0, 0.1) is 0 Å². The summed E-state index contributed by atoms with van der Waals surface area (Å²) in [6.07, 6.45) is -5.09. The fourth-order valence-electron chi connectivity index (χ4n) is 1.50. The average Bonchev–Trinajstić information content (AvgIpc) is 2.26. The highest BCUT2D eigenvalue weighted by Crippen LogP contribution is 2.23. The van der Waals surface area contributed by atoms with Crippen molar-refractivity contribution in [2.45, 2.75) is 45.3 Å². The Morgan fingerprint density at radius 2 is 1.65 bits per heavy atom. The first-order valence-electron chi connectivity index (χ1n) is 6.22. The molecule has 0 fully saturated rings. The zero-order valence-electron chi connectivity index (χ0n) is 11.7. The highest BCUT2D eigenvalue weighted by molar-refractivity contribution is 5.27. The lowest BCUT2D eigenvalue weighted by Crippen LogP contribution is -2.27. The van der Waals surface area contributed by atoms with Crippen molar-refractivity contribution in [1.29, 1.82) is 0 Å². The first-order valence-corrected chi connectivity index (χ1v) is 6.22. The van der Waals surface area contributed by atoms with Gasteiger partial charge in [-0.05, 0) is 38.5 Å². The SMILES string of the molecule is CC(C)(C)OCC(O)Cc1ccc(OC(F)(F)F)cc1. The molecule has 1 rings (SSSR count). The fraction of sp³-hybridized carbons (Fsp3) is 0.571. The molecule has 6 heteroatoms. The molecule has 0 radical (unpaired) electrons. The van der Waals surface area contributed by atoms with E-state index in [1.54, 1.807) is 0 Å². The number of hydrogen-bond donors (Lipinski definition) is 1. The normalized spacial score (nSPS) is 14.2. The number of rotatable bonds is 5. The molecule has 0 amide bonds. The predicted molar refractivity (Wildman–Crippen MR) is 68.5 cm³/mol. The monoisotopic (exact) mass is 292 g/mol. The van der Waals surface area contributed by atoms with Crippen LogP contribution in [-0.2, 0) is 11.2 Å². The van der Waals surface area contributed by atoms with Crippen molar-refractivity contribution in [2.75, 3.05) is 6.61 Å². The molecule has 0 aliphatic heterocycles. The third-order valence-corrected chi connectivity index (χ3v) is 2.34. The summed E-state index contributed by atoms with van der Waals surface area (Å²) in [4.78, 5) is 0. The van der Waals surface area contributed by atoms with Crippen molar-refractivity contribution in [3.05, 3.63) is 29.8 Å². The summed E-state index contributed by atoms with van der Waals surface area (Å²) in [7, 11) is 0. The Morgan fingerprint density at radius 3 is 2.10 bits per heavy atom. The first-order chi connectivity index (χ1) is 9.05. The van der Waals surface area contributed by atoms with Crippen LogP contribution in [0.25, 0.3) is 0 Å². The minimum atomic E-state index is -4.69. The van der Waals surface area contributed by atoms with Crippen LogP contribution in [0.5, 0.6) is 5.75 Å². The largest absolute Gasteiger partial charge is 0.573 e. The van der Waals surface area contributed by atoms with Gasteiger partial charge in [-0.3, -0.25) is 0 Å². The number of aliphatic hydroxyl groups is 1. The highest BCUT2D eigenvalue weighted by atomic mass is 19.4. The Hall–Kier alpha value is -1.27. The van der Waals surface area contributed by atoms with Crippen LogP contribution in [0.4, 0.5) is 13.2 Å². The standard InChI is InChI=1S/C14H19F3O3/c1-13(2,3)19-9-11(18)8-10-4-6-12(7-5-10)20-14(15,16)17/h4-7,11,18H,8-9H2,1-3H3. The second-order valence-electron chi connectivity index (χ2n) is 5.47. The van der Waals surface area contributed by atoms with E-state index in [0.29, 0.717) is 12.0 Å². The van der Waals surface area contributed by atoms with E-state index in [-0.39, 0.29) is 18.0 Å². The maximum absolute atomic E-state index is 12.0. The van der Waals surface area contributed by atoms with Crippen LogP contribution in [0.2, 0.25) is 0 Å². The van der Waals surface area contributed by atoms with E-state index in [1.807, 2.05) is 20.8 Å². The van der Waals surface area contributed by atoms with Gasteiger partial charge in [-0.2, -0.15) is 0 Å². The Labute approximate surface area is 116 Å². The van der Waals surface area contributed by atoms with Crippen LogP contribution in [0.1, 0.15) is 26.3 Å². The van der Waals surface area contributed by atoms with Gasteiger partial charge in [0.1, 0.15) is 5.75 Å². The molecule has 1 aromatic carbocycles. The maximum Gasteiger partial charge on any atom is 0.573 e. The van der Waals surface area contributed by atoms with E-state index in [4.69, 9.17) is 4.74 Å². The Morgan fingerprint density at radius 1 is 1.10 bits per heavy atom. The number of aliphatic hydroxyl groups excluding tert-OH is 1. The lowest BCUT2D eigenvalue weighted by molar-refractivity contribution is -0.274. The van der Waals surface area contributed by atoms with Gasteiger partial charge in [-0.1, -0.05) is 12.1 Å². The van der Waals surface area contributed by atoms with Crippen molar-refractivity contribution >= 4 is 0 Å². The molecule has 1 unspecified atom stereocenters. The summed E-state index contributed by atoms with van der Waals surface area (Å²) in [5, 5.41) is 9.79. The van der Waals surface area contributed by atoms with Crippen LogP contribution < -0.4 is 4.74 Å². The van der Waals surface area contributed by atoms with Gasteiger partial charge in [0.15, 0.2) is 0 Å². The van der Waals surface area contributed by atoms with E-state index in [2.05, 4.69) is 4.74 Å². The number of halogens is 3. The summed E-state index contributed by atoms with van der Waals surface area (Å²) < 4.78 is 45.2. The zero-order chi connectivity index (χ0) is 15.4. The third-order valence-electron chi connectivity index (χ3n) is 2.34. The quantitative estimate of drug-likeness (QED) is 0.905. The first kappa shape index (κ1) is 16.8. The summed E-state index contributed by atoms with van der Waals surface area (Å²) in [6, 6.07) is 5.42. The average molecular weight is 292 g/mol. The van der Waals surface area contributed by atoms with Crippen molar-refractivity contribution in [3.63, 3.8) is 0 Å². The van der Waals surface area contributed by atoms with E-state index in [1.165, 1.54) is 24.3 Å². The van der Waals surface area contributed by atoms with E-state index in [0.717, 1.165) is 0 Å². The molecule has 1 aromatic rings. The molecule has 0 aliphatic carbocycles. The topological polar surface area (TPSA) is 38.7 Å². The van der Waals surface area contributed by atoms with Crippen molar-refractivity contribution < 1.29 is 27.8 Å². The fourth-order valence-corrected chi connectivity index (χ4v) is 1.50. The van der Waals surface area contributed by atoms with Gasteiger partial charge >= 0.3 is 6.36 Å². The Bertz CT molecular complexity index is 407. The Balaban J connectivity index is 2.49. The zero-order valence-corrected chi connectivity index (χ0v) is 11.7. The Kier molecular flexibility index (Phi) is 5.42. The van der Waals surface area contributed by atoms with E-state index in [9.17, 15) is 18.3 Å². The second kappa shape index (κ2) is 6.45. The molecule has 1 N–H and O–H groups in total. The van der Waals surface area contributed by atoms with Crippen molar-refractivity contribution in [3.8, 4) is 5.75 Å². The van der Waals surface area contributed by atoms with Crippen LogP contribution in [0.3, 0.4) is 0 Å². The van der Waals surface area contributed by atoms with Gasteiger partial charge in [-0.25, -0.2) is 0 Å². The van der Waals surface area contributed by atoms with E-state index >= 15 is 0 Å². The lowest BCUT2D eigenvalue weighted by atomic mass is 10.1. The van der Waals surface area contributed by atoms with Crippen molar-refractivity contribution in [1.82, 2.24) is 0 Å². The summed E-state index contributed by atoms with van der Waals surface area (Å²) >= 11 is 0. The minimum absolute atomic E-state index is 0.171. The van der Waals surface area contributed by atoms with Crippen molar-refractivity contribution in [2.24, 2.45) is 0 Å². The second-order valence-corrected chi connectivity index (χ2v) is 5.47. The molecule has 0 spiro atoms. The minimum Gasteiger partial charge on any atom is -0.406 e. The lowest BCUT2D eigenvalue weighted by Gasteiger charge is -2.22. The molecule has 0 saturated carbocycles. The molecule has 0 saturated heterocycles. The van der Waals surface area contributed by atoms with Gasteiger partial charge in [0.25, 0.3) is 0 Å². The molecule has 20 heavy (non-hydrogen) atoms.